The molecule has 1 aromatic carbocycles. The molecule has 0 aliphatic heterocycles. The largest absolute Gasteiger partial charge is 0.465 e. The molecule has 2 N–H and O–H groups in total. The van der Waals surface area contributed by atoms with E-state index in [-0.39, 0.29) is 5.91 Å². The number of nitrogens with one attached hydrogen (secondary N) is 2. The number of amides is 1. The molecule has 7 heteroatoms. The molecule has 1 amide bonds. The molecule has 1 aromatic heterocycles. The summed E-state index contributed by atoms with van der Waals surface area (Å²) in [4.78, 5) is 30.0. The fraction of sp³-hybridized carbons (Fsp3) is 0.316. The number of anilines is 2. The number of hydrogen-bond donors (Lipinski definition) is 2. The van der Waals surface area contributed by atoms with Crippen molar-refractivity contribution >= 4 is 23.3 Å². The third-order valence-electron chi connectivity index (χ3n) is 3.67. The maximum absolute atomic E-state index is 12.2. The number of nitrogens with zero attached hydrogens (tertiary/aromatic N) is 2. The number of pyridine rings is 1. The number of hydrogen-bond acceptors (Lipinski definition) is 6. The van der Waals surface area contributed by atoms with Crippen LogP contribution < -0.4 is 10.6 Å². The predicted molar refractivity (Wildman–Crippen MR) is 102 cm³/mol. The second-order valence-electron chi connectivity index (χ2n) is 6.04. The molecule has 2 aromatic rings. The second kappa shape index (κ2) is 9.53. The highest BCUT2D eigenvalue weighted by atomic mass is 16.5. The Morgan fingerprint density at radius 1 is 1.08 bits per heavy atom. The molecule has 0 spiro atoms. The Morgan fingerprint density at radius 2 is 1.77 bits per heavy atom. The maximum atomic E-state index is 12.2. The Balaban J connectivity index is 1.88. The molecule has 0 saturated heterocycles. The standard InChI is InChI=1S/C19H24N4O3/c1-23(2)12-4-11-20-16-9-10-17(21-13-16)18(24)22-15-7-5-14(6-8-15)19(25)26-3/h5-10,13,20H,4,11-12H2,1-3H3,(H,22,24). The first kappa shape index (κ1) is 19.4. The van der Waals surface area contributed by atoms with Crippen LogP contribution in [-0.2, 0) is 4.74 Å². The first-order valence-corrected chi connectivity index (χ1v) is 8.34. The Labute approximate surface area is 153 Å². The van der Waals surface area contributed by atoms with Gasteiger partial charge in [-0.2, -0.15) is 0 Å². The van der Waals surface area contributed by atoms with Crippen LogP contribution in [0.2, 0.25) is 0 Å². The normalized spacial score (nSPS) is 10.5. The lowest BCUT2D eigenvalue weighted by Crippen LogP contribution is -2.17. The summed E-state index contributed by atoms with van der Waals surface area (Å²) in [6.45, 7) is 1.85. The minimum Gasteiger partial charge on any atom is -0.465 e. The fourth-order valence-corrected chi connectivity index (χ4v) is 2.26. The molecule has 0 bridgehead atoms. The fourth-order valence-electron chi connectivity index (χ4n) is 2.26. The summed E-state index contributed by atoms with van der Waals surface area (Å²) in [7, 11) is 5.40. The maximum Gasteiger partial charge on any atom is 0.337 e. The number of esters is 1. The monoisotopic (exact) mass is 356 g/mol. The van der Waals surface area contributed by atoms with Gasteiger partial charge in [0.2, 0.25) is 0 Å². The van der Waals surface area contributed by atoms with Crippen LogP contribution in [-0.4, -0.2) is 56.1 Å². The molecule has 7 nitrogen and oxygen atoms in total. The predicted octanol–water partition coefficient (Wildman–Crippen LogP) is 2.48. The van der Waals surface area contributed by atoms with Crippen LogP contribution in [0.15, 0.2) is 42.6 Å². The Kier molecular flexibility index (Phi) is 7.11. The van der Waals surface area contributed by atoms with Gasteiger partial charge >= 0.3 is 5.97 Å². The van der Waals surface area contributed by atoms with Crippen molar-refractivity contribution in [2.45, 2.75) is 6.42 Å². The average Bonchev–Trinajstić information content (AvgIpc) is 2.65. The van der Waals surface area contributed by atoms with Gasteiger partial charge in [-0.1, -0.05) is 0 Å². The van der Waals surface area contributed by atoms with Crippen LogP contribution in [0.5, 0.6) is 0 Å². The average molecular weight is 356 g/mol. The van der Waals surface area contributed by atoms with Gasteiger partial charge < -0.3 is 20.3 Å². The van der Waals surface area contributed by atoms with Gasteiger partial charge in [0.25, 0.3) is 5.91 Å². The molecule has 138 valence electrons. The van der Waals surface area contributed by atoms with Gasteiger partial charge in [0.05, 0.1) is 24.6 Å². The van der Waals surface area contributed by atoms with Crippen LogP contribution in [0.3, 0.4) is 0 Å². The highest BCUT2D eigenvalue weighted by Crippen LogP contribution is 2.12. The molecular formula is C19H24N4O3. The summed E-state index contributed by atoms with van der Waals surface area (Å²) in [5.74, 6) is -0.729. The van der Waals surface area contributed by atoms with E-state index in [0.717, 1.165) is 25.2 Å². The molecule has 26 heavy (non-hydrogen) atoms. The van der Waals surface area contributed by atoms with Gasteiger partial charge in [-0.25, -0.2) is 9.78 Å². The topological polar surface area (TPSA) is 83.6 Å². The van der Waals surface area contributed by atoms with E-state index in [0.29, 0.717) is 16.9 Å². The van der Waals surface area contributed by atoms with Crippen molar-refractivity contribution in [1.82, 2.24) is 9.88 Å². The highest BCUT2D eigenvalue weighted by Gasteiger charge is 2.09. The Hall–Kier alpha value is -2.93. The third-order valence-corrected chi connectivity index (χ3v) is 3.67. The van der Waals surface area contributed by atoms with Gasteiger partial charge in [-0.3, -0.25) is 4.79 Å². The lowest BCUT2D eigenvalue weighted by Gasteiger charge is -2.11. The van der Waals surface area contributed by atoms with E-state index >= 15 is 0 Å². The van der Waals surface area contributed by atoms with Crippen molar-refractivity contribution in [3.8, 4) is 0 Å². The highest BCUT2D eigenvalue weighted by molar-refractivity contribution is 6.03. The molecule has 0 aliphatic rings. The minimum atomic E-state index is -0.418. The summed E-state index contributed by atoms with van der Waals surface area (Å²) in [6, 6.07) is 9.98. The van der Waals surface area contributed by atoms with Crippen molar-refractivity contribution in [3.05, 3.63) is 53.9 Å². The summed E-state index contributed by atoms with van der Waals surface area (Å²) in [5.41, 5.74) is 2.20. The molecule has 0 fully saturated rings. The summed E-state index contributed by atoms with van der Waals surface area (Å²) < 4.78 is 4.64. The molecule has 0 atom stereocenters. The lowest BCUT2D eigenvalue weighted by molar-refractivity contribution is 0.0600. The Bertz CT molecular complexity index is 727. The number of carbonyl (C=O) groups is 2. The number of rotatable bonds is 8. The molecule has 1 heterocycles. The van der Waals surface area contributed by atoms with Crippen molar-refractivity contribution < 1.29 is 14.3 Å². The van der Waals surface area contributed by atoms with Crippen LogP contribution in [0.1, 0.15) is 27.3 Å². The van der Waals surface area contributed by atoms with Crippen molar-refractivity contribution in [2.24, 2.45) is 0 Å². The van der Waals surface area contributed by atoms with E-state index in [4.69, 9.17) is 0 Å². The van der Waals surface area contributed by atoms with E-state index in [1.807, 2.05) is 20.2 Å². The zero-order valence-corrected chi connectivity index (χ0v) is 15.3. The zero-order chi connectivity index (χ0) is 18.9. The summed E-state index contributed by atoms with van der Waals surface area (Å²) in [6.07, 6.45) is 2.67. The zero-order valence-electron chi connectivity index (χ0n) is 15.3. The molecule has 0 unspecified atom stereocenters. The van der Waals surface area contributed by atoms with E-state index in [2.05, 4.69) is 25.3 Å². The van der Waals surface area contributed by atoms with Gasteiger partial charge in [0, 0.05) is 12.2 Å². The first-order chi connectivity index (χ1) is 12.5. The first-order valence-electron chi connectivity index (χ1n) is 8.34. The molecule has 0 aliphatic carbocycles. The molecule has 0 radical (unpaired) electrons. The smallest absolute Gasteiger partial charge is 0.337 e. The summed E-state index contributed by atoms with van der Waals surface area (Å²) in [5, 5.41) is 6.02. The number of benzene rings is 1. The van der Waals surface area contributed by atoms with E-state index in [9.17, 15) is 9.59 Å². The molecular weight excluding hydrogens is 332 g/mol. The quantitative estimate of drug-likeness (QED) is 0.558. The number of carbonyl (C=O) groups excluding carboxylic acids is 2. The van der Waals surface area contributed by atoms with Crippen LogP contribution in [0, 0.1) is 0 Å². The van der Waals surface area contributed by atoms with Crippen molar-refractivity contribution in [1.29, 1.82) is 0 Å². The Morgan fingerprint density at radius 3 is 2.35 bits per heavy atom. The van der Waals surface area contributed by atoms with Crippen LogP contribution >= 0.6 is 0 Å². The van der Waals surface area contributed by atoms with Crippen LogP contribution in [0.25, 0.3) is 0 Å². The lowest BCUT2D eigenvalue weighted by atomic mass is 10.2. The molecule has 0 saturated carbocycles. The van der Waals surface area contributed by atoms with E-state index in [1.54, 1.807) is 36.5 Å². The number of aromatic nitrogens is 1. The third kappa shape index (κ3) is 5.86. The van der Waals surface area contributed by atoms with Gasteiger partial charge in [0.15, 0.2) is 0 Å². The number of methoxy groups -OCH3 is 1. The van der Waals surface area contributed by atoms with Crippen molar-refractivity contribution in [2.75, 3.05) is 44.9 Å². The SMILES string of the molecule is COC(=O)c1ccc(NC(=O)c2ccc(NCCCN(C)C)cn2)cc1. The van der Waals surface area contributed by atoms with Gasteiger partial charge in [-0.15, -0.1) is 0 Å². The van der Waals surface area contributed by atoms with Gasteiger partial charge in [-0.05, 0) is 63.5 Å². The van der Waals surface area contributed by atoms with E-state index in [1.165, 1.54) is 7.11 Å². The second-order valence-corrected chi connectivity index (χ2v) is 6.04. The number of ether oxygens (including phenoxy) is 1. The summed E-state index contributed by atoms with van der Waals surface area (Å²) >= 11 is 0. The van der Waals surface area contributed by atoms with Gasteiger partial charge in [0.1, 0.15) is 5.69 Å². The van der Waals surface area contributed by atoms with Crippen LogP contribution in [0.4, 0.5) is 11.4 Å². The minimum absolute atomic E-state index is 0.310. The molecule has 2 rings (SSSR count). The van der Waals surface area contributed by atoms with Crippen molar-refractivity contribution in [3.63, 3.8) is 0 Å². The van der Waals surface area contributed by atoms with E-state index < -0.39 is 5.97 Å².